The Morgan fingerprint density at radius 1 is 1.00 bits per heavy atom. The Labute approximate surface area is 218 Å². The summed E-state index contributed by atoms with van der Waals surface area (Å²) in [6.07, 6.45) is 5.24. The number of carbonyl (C=O) groups excluding carboxylic acids is 1. The van der Waals surface area contributed by atoms with Gasteiger partial charge in [0.1, 0.15) is 0 Å². The second kappa shape index (κ2) is 11.5. The number of aromatic carboxylic acids is 1. The topological polar surface area (TPSA) is 72.8 Å². The number of hydrogen-bond acceptors (Lipinski definition) is 4. The monoisotopic (exact) mass is 362 g/mol. The zero-order valence-corrected chi connectivity index (χ0v) is 10.8. The number of terminal acetylenes is 1. The van der Waals surface area contributed by atoms with E-state index in [4.69, 9.17) is 16.4 Å². The van der Waals surface area contributed by atoms with Crippen molar-refractivity contribution < 1.29 is 24.5 Å². The molecule has 0 radical (unpaired) electrons. The molecule has 0 amide bonds. The first-order valence-electron chi connectivity index (χ1n) is 5.89. The van der Waals surface area contributed by atoms with Crippen molar-refractivity contribution in [1.82, 2.24) is 0 Å². The van der Waals surface area contributed by atoms with Gasteiger partial charge in [-0.15, -0.1) is 6.42 Å². The first kappa shape index (κ1) is 23.0. The van der Waals surface area contributed by atoms with Crippen LogP contribution in [0, 0.1) is 12.3 Å². The fraction of sp³-hybridized carbons (Fsp3) is 0. The molecule has 0 aliphatic heterocycles. The van der Waals surface area contributed by atoms with Crippen molar-refractivity contribution in [3.63, 3.8) is 0 Å². The Balaban J connectivity index is 0.00000242. The van der Waals surface area contributed by atoms with Crippen LogP contribution in [0.15, 0.2) is 48.5 Å². The predicted molar refractivity (Wildman–Crippen MR) is 88.1 cm³/mol. The van der Waals surface area contributed by atoms with Crippen LogP contribution in [0.4, 0.5) is 0 Å². The van der Waals surface area contributed by atoms with Crippen molar-refractivity contribution in [2.75, 3.05) is 0 Å². The zero-order valence-electron chi connectivity index (χ0n) is 10.8. The molecule has 0 bridgehead atoms. The second-order valence-corrected chi connectivity index (χ2v) is 4.01. The normalized spacial score (nSPS) is 8.65. The Morgan fingerprint density at radius 2 is 1.65 bits per heavy atom. The first-order valence-corrected chi connectivity index (χ1v) is 5.89. The van der Waals surface area contributed by atoms with Gasteiger partial charge >= 0.3 is 115 Å². The van der Waals surface area contributed by atoms with Crippen molar-refractivity contribution in [2.45, 2.75) is 0 Å². The van der Waals surface area contributed by atoms with Crippen LogP contribution in [0.2, 0.25) is 0 Å². The van der Waals surface area contributed by atoms with Crippen molar-refractivity contribution in [3.05, 3.63) is 65.2 Å². The molecule has 0 unspecified atom stereocenters. The fourth-order valence-electron chi connectivity index (χ4n) is 1.55. The number of benzene rings is 2. The second-order valence-electron chi connectivity index (χ2n) is 4.01. The van der Waals surface area contributed by atoms with Crippen molar-refractivity contribution in [1.29, 1.82) is 0 Å². The Kier molecular flexibility index (Phi) is 11.6. The molecule has 23 heavy (non-hydrogen) atoms. The summed E-state index contributed by atoms with van der Waals surface area (Å²) in [4.78, 5) is 32.1. The molecule has 2 aromatic carbocycles. The SMILES string of the molecule is C#Cc1cccc(OOC(=O)c2cccc(C(=O)O)c2)c1.[KH].[KH]. The van der Waals surface area contributed by atoms with Gasteiger partial charge in [0, 0.05) is 11.6 Å². The molecule has 5 nitrogen and oxygen atoms in total. The Bertz CT molecular complexity index is 737. The third-order valence-electron chi connectivity index (χ3n) is 2.56. The van der Waals surface area contributed by atoms with Crippen LogP contribution < -0.4 is 4.89 Å². The number of carboxylic acids is 1. The van der Waals surface area contributed by atoms with E-state index in [1.54, 1.807) is 18.2 Å². The van der Waals surface area contributed by atoms with Gasteiger partial charge in [-0.2, -0.15) is 0 Å². The van der Waals surface area contributed by atoms with Crippen molar-refractivity contribution in [2.24, 2.45) is 0 Å². The van der Waals surface area contributed by atoms with Gasteiger partial charge in [-0.25, -0.2) is 14.5 Å². The molecule has 2 rings (SSSR count). The van der Waals surface area contributed by atoms with Crippen molar-refractivity contribution >= 4 is 115 Å². The minimum atomic E-state index is -1.13. The predicted octanol–water partition coefficient (Wildman–Crippen LogP) is 1.22. The number of hydrogen-bond donors (Lipinski definition) is 1. The van der Waals surface area contributed by atoms with Crippen molar-refractivity contribution in [3.8, 4) is 18.1 Å². The Hall–Kier alpha value is 0.0127. The molecule has 0 aromatic heterocycles. The summed E-state index contributed by atoms with van der Waals surface area (Å²) in [5, 5.41) is 8.85. The zero-order chi connectivity index (χ0) is 15.2. The summed E-state index contributed by atoms with van der Waals surface area (Å²) < 4.78 is 0. The molecular weight excluding hydrogens is 350 g/mol. The number of carboxylic acid groups (broad SMARTS) is 1. The van der Waals surface area contributed by atoms with Gasteiger partial charge < -0.3 is 5.11 Å². The molecule has 0 atom stereocenters. The van der Waals surface area contributed by atoms with E-state index < -0.39 is 11.9 Å². The maximum absolute atomic E-state index is 11.8. The average Bonchev–Trinajstić information content (AvgIpc) is 2.53. The molecular formula is C16H12K2O5. The fourth-order valence-corrected chi connectivity index (χ4v) is 1.55. The quantitative estimate of drug-likeness (QED) is 0.383. The third-order valence-corrected chi connectivity index (χ3v) is 2.56. The standard InChI is InChI=1S/C16H10O5.2K.2H/c1-2-11-5-3-8-14(9-11)20-21-16(19)13-7-4-6-12(10-13)15(17)18;;;;/h1,3-10H,(H,17,18);;;;. The third kappa shape index (κ3) is 7.19. The van der Waals surface area contributed by atoms with E-state index in [1.165, 1.54) is 30.3 Å². The van der Waals surface area contributed by atoms with Crippen LogP contribution >= 0.6 is 0 Å². The van der Waals surface area contributed by atoms with Crippen LogP contribution in [0.25, 0.3) is 0 Å². The van der Waals surface area contributed by atoms with E-state index in [2.05, 4.69) is 10.8 Å². The summed E-state index contributed by atoms with van der Waals surface area (Å²) in [5.74, 6) is 0.759. The van der Waals surface area contributed by atoms with Crippen LogP contribution in [0.1, 0.15) is 26.3 Å². The van der Waals surface area contributed by atoms with Crippen LogP contribution in [-0.2, 0) is 4.89 Å². The van der Waals surface area contributed by atoms with Gasteiger partial charge in [-0.05, 0) is 30.3 Å². The Morgan fingerprint density at radius 3 is 2.30 bits per heavy atom. The maximum atomic E-state index is 11.8. The van der Waals surface area contributed by atoms with E-state index in [1.807, 2.05) is 0 Å². The van der Waals surface area contributed by atoms with E-state index in [0.717, 1.165) is 0 Å². The minimum absolute atomic E-state index is 0. The first-order chi connectivity index (χ1) is 10.1. The van der Waals surface area contributed by atoms with Gasteiger partial charge in [0.25, 0.3) is 0 Å². The molecule has 0 spiro atoms. The van der Waals surface area contributed by atoms with Gasteiger partial charge in [-0.1, -0.05) is 18.1 Å². The molecule has 0 aliphatic rings. The molecule has 108 valence electrons. The van der Waals surface area contributed by atoms with Gasteiger partial charge in [0.15, 0.2) is 5.75 Å². The molecule has 1 N–H and O–H groups in total. The molecule has 0 saturated carbocycles. The van der Waals surface area contributed by atoms with E-state index in [0.29, 0.717) is 5.56 Å². The number of carbonyl (C=O) groups is 2. The molecule has 0 saturated heterocycles. The summed E-state index contributed by atoms with van der Waals surface area (Å²) in [6, 6.07) is 11.9. The molecule has 2 aromatic rings. The van der Waals surface area contributed by atoms with E-state index >= 15 is 0 Å². The summed E-state index contributed by atoms with van der Waals surface area (Å²) in [7, 11) is 0. The molecule has 0 heterocycles. The van der Waals surface area contributed by atoms with E-state index in [9.17, 15) is 9.59 Å². The van der Waals surface area contributed by atoms with Gasteiger partial charge in [0.05, 0.1) is 11.1 Å². The average molecular weight is 362 g/mol. The summed E-state index contributed by atoms with van der Waals surface area (Å²) in [5.41, 5.74) is 0.637. The summed E-state index contributed by atoms with van der Waals surface area (Å²) >= 11 is 0. The molecule has 0 fully saturated rings. The molecule has 7 heteroatoms. The van der Waals surface area contributed by atoms with Crippen LogP contribution in [0.5, 0.6) is 5.75 Å². The van der Waals surface area contributed by atoms with Crippen LogP contribution in [0.3, 0.4) is 0 Å². The number of rotatable bonds is 4. The van der Waals surface area contributed by atoms with E-state index in [-0.39, 0.29) is 120 Å². The molecule has 0 aliphatic carbocycles. The van der Waals surface area contributed by atoms with Gasteiger partial charge in [0.2, 0.25) is 0 Å². The van der Waals surface area contributed by atoms with Crippen LogP contribution in [-0.4, -0.2) is 120 Å². The van der Waals surface area contributed by atoms with Gasteiger partial charge in [-0.3, -0.25) is 4.89 Å². The summed E-state index contributed by atoms with van der Waals surface area (Å²) in [6.45, 7) is 0.